The molecule has 1 unspecified atom stereocenters. The number of hydrogen-bond acceptors (Lipinski definition) is 3. The van der Waals surface area contributed by atoms with Crippen LogP contribution in [0.1, 0.15) is 22.8 Å². The average molecular weight is 367 g/mol. The van der Waals surface area contributed by atoms with Crippen molar-refractivity contribution in [2.45, 2.75) is 13.0 Å². The fourth-order valence-electron chi connectivity index (χ4n) is 2.56. The molecule has 1 N–H and O–H groups in total. The highest BCUT2D eigenvalue weighted by molar-refractivity contribution is 9.10. The molecule has 0 amide bonds. The first-order chi connectivity index (χ1) is 9.91. The zero-order valence-electron chi connectivity index (χ0n) is 11.9. The SMILES string of the molecule is Cc1cscc1C(O)c1cc2c(cc1Br)n(C)c(=O)n2C. The molecule has 110 valence electrons. The number of aromatic nitrogens is 2. The summed E-state index contributed by atoms with van der Waals surface area (Å²) in [4.78, 5) is 12.0. The van der Waals surface area contributed by atoms with Gasteiger partial charge in [-0.2, -0.15) is 11.3 Å². The van der Waals surface area contributed by atoms with Crippen LogP contribution in [0.3, 0.4) is 0 Å². The van der Waals surface area contributed by atoms with Gasteiger partial charge in [0.05, 0.1) is 11.0 Å². The Labute approximate surface area is 134 Å². The Hall–Kier alpha value is -1.37. The Morgan fingerprint density at radius 3 is 2.33 bits per heavy atom. The van der Waals surface area contributed by atoms with Crippen LogP contribution < -0.4 is 5.69 Å². The van der Waals surface area contributed by atoms with Gasteiger partial charge in [-0.1, -0.05) is 15.9 Å². The van der Waals surface area contributed by atoms with Crippen LogP contribution in [0.25, 0.3) is 11.0 Å². The van der Waals surface area contributed by atoms with Gasteiger partial charge < -0.3 is 5.11 Å². The van der Waals surface area contributed by atoms with Crippen LogP contribution in [0, 0.1) is 6.92 Å². The van der Waals surface area contributed by atoms with Crippen molar-refractivity contribution in [1.82, 2.24) is 9.13 Å². The summed E-state index contributed by atoms with van der Waals surface area (Å²) in [5, 5.41) is 14.6. The van der Waals surface area contributed by atoms with Crippen molar-refractivity contribution >= 4 is 38.3 Å². The van der Waals surface area contributed by atoms with E-state index in [0.717, 1.165) is 32.2 Å². The molecule has 4 nitrogen and oxygen atoms in total. The van der Waals surface area contributed by atoms with Crippen LogP contribution in [0.15, 0.2) is 32.2 Å². The van der Waals surface area contributed by atoms with Crippen LogP contribution >= 0.6 is 27.3 Å². The number of aliphatic hydroxyl groups is 1. The maximum Gasteiger partial charge on any atom is 0.328 e. The molecule has 0 saturated carbocycles. The fraction of sp³-hybridized carbons (Fsp3) is 0.267. The topological polar surface area (TPSA) is 47.2 Å². The first kappa shape index (κ1) is 14.6. The number of fused-ring (bicyclic) bond motifs is 1. The second kappa shape index (κ2) is 5.12. The molecule has 0 bridgehead atoms. The van der Waals surface area contributed by atoms with Gasteiger partial charge in [0, 0.05) is 24.1 Å². The van der Waals surface area contributed by atoms with Crippen molar-refractivity contribution in [1.29, 1.82) is 0 Å². The summed E-state index contributed by atoms with van der Waals surface area (Å²) in [5.74, 6) is 0. The van der Waals surface area contributed by atoms with E-state index in [1.54, 1.807) is 34.6 Å². The zero-order valence-corrected chi connectivity index (χ0v) is 14.3. The molecule has 0 aliphatic carbocycles. The molecule has 1 atom stereocenters. The van der Waals surface area contributed by atoms with Gasteiger partial charge in [0.2, 0.25) is 0 Å². The van der Waals surface area contributed by atoms with Crippen LogP contribution in [0.5, 0.6) is 0 Å². The highest BCUT2D eigenvalue weighted by Crippen LogP contribution is 2.34. The highest BCUT2D eigenvalue weighted by atomic mass is 79.9. The molecule has 0 saturated heterocycles. The molecule has 21 heavy (non-hydrogen) atoms. The van der Waals surface area contributed by atoms with Crippen LogP contribution in [-0.4, -0.2) is 14.2 Å². The van der Waals surface area contributed by atoms with Crippen molar-refractivity contribution in [3.63, 3.8) is 0 Å². The van der Waals surface area contributed by atoms with Gasteiger partial charge in [0.25, 0.3) is 0 Å². The van der Waals surface area contributed by atoms with E-state index in [1.165, 1.54) is 0 Å². The summed E-state index contributed by atoms with van der Waals surface area (Å²) in [6.45, 7) is 1.99. The summed E-state index contributed by atoms with van der Waals surface area (Å²) in [6.07, 6.45) is -0.703. The van der Waals surface area contributed by atoms with Gasteiger partial charge in [-0.25, -0.2) is 4.79 Å². The third-order valence-electron chi connectivity index (χ3n) is 3.87. The highest BCUT2D eigenvalue weighted by Gasteiger charge is 2.19. The van der Waals surface area contributed by atoms with E-state index in [-0.39, 0.29) is 5.69 Å². The zero-order chi connectivity index (χ0) is 15.3. The summed E-state index contributed by atoms with van der Waals surface area (Å²) < 4.78 is 4.00. The minimum absolute atomic E-state index is 0.0738. The molecular weight excluding hydrogens is 352 g/mol. The molecule has 3 rings (SSSR count). The number of imidazole rings is 1. The van der Waals surface area contributed by atoms with Gasteiger partial charge in [-0.3, -0.25) is 9.13 Å². The van der Waals surface area contributed by atoms with Crippen molar-refractivity contribution in [2.24, 2.45) is 14.1 Å². The lowest BCUT2D eigenvalue weighted by Crippen LogP contribution is -2.19. The van der Waals surface area contributed by atoms with E-state index in [4.69, 9.17) is 0 Å². The normalized spacial score (nSPS) is 13.0. The molecule has 6 heteroatoms. The van der Waals surface area contributed by atoms with Gasteiger partial charge in [-0.15, -0.1) is 0 Å². The number of benzene rings is 1. The average Bonchev–Trinajstić information content (AvgIpc) is 2.97. The van der Waals surface area contributed by atoms with E-state index in [0.29, 0.717) is 0 Å². The maximum absolute atomic E-state index is 12.0. The second-order valence-electron chi connectivity index (χ2n) is 5.18. The second-order valence-corrected chi connectivity index (χ2v) is 6.77. The Balaban J connectivity index is 2.24. The maximum atomic E-state index is 12.0. The van der Waals surface area contributed by atoms with Crippen molar-refractivity contribution in [3.05, 3.63) is 54.5 Å². The first-order valence-electron chi connectivity index (χ1n) is 6.47. The number of nitrogens with zero attached hydrogens (tertiary/aromatic N) is 2. The van der Waals surface area contributed by atoms with Crippen molar-refractivity contribution < 1.29 is 5.11 Å². The minimum atomic E-state index is -0.703. The lowest BCUT2D eigenvalue weighted by atomic mass is 10.0. The molecule has 0 aliphatic rings. The molecule has 0 fully saturated rings. The quantitative estimate of drug-likeness (QED) is 0.757. The third kappa shape index (κ3) is 2.18. The Morgan fingerprint density at radius 1 is 1.14 bits per heavy atom. The van der Waals surface area contributed by atoms with Gasteiger partial charge in [0.15, 0.2) is 0 Å². The molecule has 2 aromatic heterocycles. The molecule has 1 aromatic carbocycles. The molecule has 0 spiro atoms. The Morgan fingerprint density at radius 2 is 1.76 bits per heavy atom. The molecular formula is C15H15BrN2O2S. The van der Waals surface area contributed by atoms with E-state index in [9.17, 15) is 9.90 Å². The number of thiophene rings is 1. The van der Waals surface area contributed by atoms with Gasteiger partial charge in [-0.05, 0) is 40.9 Å². The Kier molecular flexibility index (Phi) is 3.55. The lowest BCUT2D eigenvalue weighted by molar-refractivity contribution is 0.219. The standard InChI is InChI=1S/C15H15BrN2O2S/c1-8-6-21-7-10(8)14(19)9-4-12-13(5-11(9)16)18(3)15(20)17(12)2/h4-7,14,19H,1-3H3. The first-order valence-corrected chi connectivity index (χ1v) is 8.21. The minimum Gasteiger partial charge on any atom is -0.384 e. The molecule has 2 heterocycles. The molecule has 0 aliphatic heterocycles. The van der Waals surface area contributed by atoms with Crippen LogP contribution in [0.4, 0.5) is 0 Å². The summed E-state index contributed by atoms with van der Waals surface area (Å²) in [6, 6.07) is 3.76. The number of aliphatic hydroxyl groups excluding tert-OH is 1. The summed E-state index contributed by atoms with van der Waals surface area (Å²) in [5.41, 5.74) is 4.32. The van der Waals surface area contributed by atoms with Crippen LogP contribution in [0.2, 0.25) is 0 Å². The third-order valence-corrected chi connectivity index (χ3v) is 5.44. The van der Waals surface area contributed by atoms with E-state index >= 15 is 0 Å². The summed E-state index contributed by atoms with van der Waals surface area (Å²) >= 11 is 5.09. The van der Waals surface area contributed by atoms with E-state index < -0.39 is 6.10 Å². The molecule has 0 radical (unpaired) electrons. The predicted molar refractivity (Wildman–Crippen MR) is 89.0 cm³/mol. The van der Waals surface area contributed by atoms with E-state index in [1.807, 2.05) is 29.8 Å². The van der Waals surface area contributed by atoms with Crippen LogP contribution in [-0.2, 0) is 14.1 Å². The summed E-state index contributed by atoms with van der Waals surface area (Å²) in [7, 11) is 3.49. The number of hydrogen-bond donors (Lipinski definition) is 1. The molecule has 3 aromatic rings. The number of aryl methyl sites for hydroxylation is 3. The van der Waals surface area contributed by atoms with Crippen molar-refractivity contribution in [2.75, 3.05) is 0 Å². The monoisotopic (exact) mass is 366 g/mol. The number of halogens is 1. The number of rotatable bonds is 2. The smallest absolute Gasteiger partial charge is 0.328 e. The van der Waals surface area contributed by atoms with E-state index in [2.05, 4.69) is 15.9 Å². The lowest BCUT2D eigenvalue weighted by Gasteiger charge is -2.14. The Bertz CT molecular complexity index is 891. The fourth-order valence-corrected chi connectivity index (χ4v) is 3.98. The van der Waals surface area contributed by atoms with Crippen molar-refractivity contribution in [3.8, 4) is 0 Å². The largest absolute Gasteiger partial charge is 0.384 e. The predicted octanol–water partition coefficient (Wildman–Crippen LogP) is 3.09. The van der Waals surface area contributed by atoms with Gasteiger partial charge in [0.1, 0.15) is 6.10 Å². The van der Waals surface area contributed by atoms with Gasteiger partial charge >= 0.3 is 5.69 Å².